The maximum absolute atomic E-state index is 11.6. The molecule has 1 rings (SSSR count). The van der Waals surface area contributed by atoms with E-state index in [4.69, 9.17) is 14.2 Å². The molecule has 6 nitrogen and oxygen atoms in total. The van der Waals surface area contributed by atoms with E-state index in [1.807, 2.05) is 32.6 Å². The summed E-state index contributed by atoms with van der Waals surface area (Å²) in [5.41, 5.74) is -0.749. The molecule has 1 fully saturated rings. The molecule has 0 radical (unpaired) electrons. The molecule has 1 aliphatic rings. The number of carbonyl (C=O) groups excluding carboxylic acids is 2. The lowest BCUT2D eigenvalue weighted by Crippen LogP contribution is -2.53. The van der Waals surface area contributed by atoms with Gasteiger partial charge in [0.1, 0.15) is 6.23 Å². The molecule has 2 atom stereocenters. The second-order valence-corrected chi connectivity index (χ2v) is 6.48. The maximum atomic E-state index is 11.6. The van der Waals surface area contributed by atoms with E-state index in [1.165, 1.54) is 14.2 Å². The Kier molecular flexibility index (Phi) is 5.15. The Morgan fingerprint density at radius 2 is 1.80 bits per heavy atom. The fraction of sp³-hybridized carbons (Fsp3) is 0.857. The number of esters is 2. The largest absolute Gasteiger partial charge is 0.469 e. The van der Waals surface area contributed by atoms with Crippen molar-refractivity contribution < 1.29 is 23.8 Å². The van der Waals surface area contributed by atoms with Gasteiger partial charge in [-0.25, -0.2) is 0 Å². The third-order valence-electron chi connectivity index (χ3n) is 3.55. The average Bonchev–Trinajstić information content (AvgIpc) is 2.66. The van der Waals surface area contributed by atoms with Crippen molar-refractivity contribution in [2.45, 2.75) is 45.9 Å². The molecular weight excluding hydrogens is 262 g/mol. The van der Waals surface area contributed by atoms with Gasteiger partial charge >= 0.3 is 11.9 Å². The zero-order valence-corrected chi connectivity index (χ0v) is 13.2. The van der Waals surface area contributed by atoms with Crippen LogP contribution in [0.25, 0.3) is 0 Å². The standard InChI is InChI=1S/C14H25NO5/c1-13(2,3)12-15(8-11(17)19-6)14(4,9-20-12)7-10(16)18-5/h12H,7-9H2,1-6H3/t12-,14-/m1/s1. The van der Waals surface area contributed by atoms with Gasteiger partial charge in [-0.15, -0.1) is 0 Å². The Labute approximate surface area is 120 Å². The molecule has 0 saturated carbocycles. The van der Waals surface area contributed by atoms with Crippen LogP contribution in [0.4, 0.5) is 0 Å². The van der Waals surface area contributed by atoms with Gasteiger partial charge in [0.2, 0.25) is 0 Å². The second kappa shape index (κ2) is 6.10. The first-order chi connectivity index (χ1) is 9.14. The van der Waals surface area contributed by atoms with Crippen LogP contribution in [0, 0.1) is 5.41 Å². The zero-order chi connectivity index (χ0) is 15.6. The fourth-order valence-electron chi connectivity index (χ4n) is 2.45. The first-order valence-electron chi connectivity index (χ1n) is 6.66. The van der Waals surface area contributed by atoms with Crippen LogP contribution in [-0.2, 0) is 23.8 Å². The van der Waals surface area contributed by atoms with Crippen LogP contribution in [0.3, 0.4) is 0 Å². The first kappa shape index (κ1) is 16.9. The van der Waals surface area contributed by atoms with Crippen molar-refractivity contribution in [3.8, 4) is 0 Å². The van der Waals surface area contributed by atoms with Gasteiger partial charge in [-0.3, -0.25) is 14.5 Å². The average molecular weight is 287 g/mol. The van der Waals surface area contributed by atoms with Gasteiger partial charge in [0, 0.05) is 5.41 Å². The quantitative estimate of drug-likeness (QED) is 0.724. The van der Waals surface area contributed by atoms with Gasteiger partial charge in [0.25, 0.3) is 0 Å². The summed E-state index contributed by atoms with van der Waals surface area (Å²) in [6.07, 6.45) is -0.0798. The number of hydrogen-bond acceptors (Lipinski definition) is 6. The summed E-state index contributed by atoms with van der Waals surface area (Å²) < 4.78 is 15.3. The number of rotatable bonds is 4. The van der Waals surface area contributed by atoms with E-state index in [0.717, 1.165) is 0 Å². The lowest BCUT2D eigenvalue weighted by Gasteiger charge is -2.39. The first-order valence-corrected chi connectivity index (χ1v) is 6.66. The second-order valence-electron chi connectivity index (χ2n) is 6.48. The van der Waals surface area contributed by atoms with Crippen LogP contribution in [0.5, 0.6) is 0 Å². The number of carbonyl (C=O) groups is 2. The molecule has 0 aromatic heterocycles. The maximum Gasteiger partial charge on any atom is 0.319 e. The molecule has 0 aromatic carbocycles. The van der Waals surface area contributed by atoms with Crippen molar-refractivity contribution in [3.05, 3.63) is 0 Å². The van der Waals surface area contributed by atoms with Crippen LogP contribution in [0.1, 0.15) is 34.1 Å². The Hall–Kier alpha value is -1.14. The van der Waals surface area contributed by atoms with Crippen LogP contribution in [-0.4, -0.2) is 56.0 Å². The Morgan fingerprint density at radius 1 is 1.25 bits per heavy atom. The lowest BCUT2D eigenvalue weighted by molar-refractivity contribution is -0.150. The molecule has 1 aliphatic heterocycles. The molecule has 1 heterocycles. The third kappa shape index (κ3) is 3.70. The number of hydrogen-bond donors (Lipinski definition) is 0. The van der Waals surface area contributed by atoms with Gasteiger partial charge < -0.3 is 14.2 Å². The smallest absolute Gasteiger partial charge is 0.319 e. The molecule has 0 bridgehead atoms. The highest BCUT2D eigenvalue weighted by Gasteiger charge is 2.50. The number of nitrogens with zero attached hydrogens (tertiary/aromatic N) is 1. The van der Waals surface area contributed by atoms with Gasteiger partial charge in [-0.05, 0) is 6.92 Å². The summed E-state index contributed by atoms with van der Waals surface area (Å²) >= 11 is 0. The van der Waals surface area contributed by atoms with E-state index >= 15 is 0 Å². The molecule has 0 aliphatic carbocycles. The minimum atomic E-state index is -0.570. The molecule has 20 heavy (non-hydrogen) atoms. The van der Waals surface area contributed by atoms with E-state index in [1.54, 1.807) is 0 Å². The van der Waals surface area contributed by atoms with Gasteiger partial charge in [0.15, 0.2) is 0 Å². The molecular formula is C14H25NO5. The van der Waals surface area contributed by atoms with Crippen molar-refractivity contribution in [1.82, 2.24) is 4.90 Å². The monoisotopic (exact) mass is 287 g/mol. The molecule has 0 N–H and O–H groups in total. The lowest BCUT2D eigenvalue weighted by atomic mass is 9.90. The highest BCUT2D eigenvalue weighted by molar-refractivity contribution is 5.73. The van der Waals surface area contributed by atoms with Crippen molar-refractivity contribution >= 4 is 11.9 Å². The van der Waals surface area contributed by atoms with Crippen LogP contribution >= 0.6 is 0 Å². The Balaban J connectivity index is 2.99. The third-order valence-corrected chi connectivity index (χ3v) is 3.55. The summed E-state index contributed by atoms with van der Waals surface area (Å²) in [6, 6.07) is 0. The highest BCUT2D eigenvalue weighted by atomic mass is 16.5. The van der Waals surface area contributed by atoms with E-state index in [2.05, 4.69) is 0 Å². The predicted octanol–water partition coefficient (Wildman–Crippen LogP) is 1.19. The van der Waals surface area contributed by atoms with E-state index < -0.39 is 5.54 Å². The number of ether oxygens (including phenoxy) is 3. The normalized spacial score (nSPS) is 27.4. The summed E-state index contributed by atoms with van der Waals surface area (Å²) in [4.78, 5) is 25.2. The van der Waals surface area contributed by atoms with Crippen molar-refractivity contribution in [2.24, 2.45) is 5.41 Å². The summed E-state index contributed by atoms with van der Waals surface area (Å²) in [5.74, 6) is -0.665. The molecule has 1 saturated heterocycles. The van der Waals surface area contributed by atoms with Crippen LogP contribution in [0.2, 0.25) is 0 Å². The van der Waals surface area contributed by atoms with E-state index in [-0.39, 0.29) is 36.5 Å². The number of methoxy groups -OCH3 is 2. The molecule has 0 aromatic rings. The summed E-state index contributed by atoms with van der Waals surface area (Å²) in [7, 11) is 2.70. The Bertz CT molecular complexity index is 376. The summed E-state index contributed by atoms with van der Waals surface area (Å²) in [6.45, 7) is 8.47. The predicted molar refractivity (Wildman–Crippen MR) is 73.0 cm³/mol. The van der Waals surface area contributed by atoms with E-state index in [9.17, 15) is 9.59 Å². The van der Waals surface area contributed by atoms with Gasteiger partial charge in [-0.2, -0.15) is 0 Å². The molecule has 116 valence electrons. The van der Waals surface area contributed by atoms with Gasteiger partial charge in [-0.1, -0.05) is 20.8 Å². The van der Waals surface area contributed by atoms with Crippen molar-refractivity contribution in [2.75, 3.05) is 27.4 Å². The topological polar surface area (TPSA) is 65.1 Å². The summed E-state index contributed by atoms with van der Waals surface area (Å²) in [5, 5.41) is 0. The van der Waals surface area contributed by atoms with Crippen LogP contribution in [0.15, 0.2) is 0 Å². The Morgan fingerprint density at radius 3 is 2.25 bits per heavy atom. The van der Waals surface area contributed by atoms with Crippen molar-refractivity contribution in [3.63, 3.8) is 0 Å². The molecule has 0 spiro atoms. The minimum absolute atomic E-state index is 0.0892. The fourth-order valence-corrected chi connectivity index (χ4v) is 2.45. The highest BCUT2D eigenvalue weighted by Crippen LogP contribution is 2.38. The zero-order valence-electron chi connectivity index (χ0n) is 13.2. The van der Waals surface area contributed by atoms with Gasteiger partial charge in [0.05, 0.1) is 39.3 Å². The molecule has 0 unspecified atom stereocenters. The molecule has 0 amide bonds. The minimum Gasteiger partial charge on any atom is -0.469 e. The van der Waals surface area contributed by atoms with E-state index in [0.29, 0.717) is 6.61 Å². The van der Waals surface area contributed by atoms with Crippen molar-refractivity contribution in [1.29, 1.82) is 0 Å². The SMILES string of the molecule is COC(=O)CN1[C@@H](C(C)(C)C)OC[C@@]1(C)CC(=O)OC. The van der Waals surface area contributed by atoms with Crippen LogP contribution < -0.4 is 0 Å². The molecule has 6 heteroatoms.